The lowest BCUT2D eigenvalue weighted by Gasteiger charge is -2.07. The number of H-pyrrole nitrogens is 1. The summed E-state index contributed by atoms with van der Waals surface area (Å²) >= 11 is 6.92. The Hall–Kier alpha value is -2.82. The molecule has 0 saturated carbocycles. The molecule has 0 aliphatic rings. The number of nitrogens with one attached hydrogen (secondary N) is 2. The van der Waals surface area contributed by atoms with Crippen molar-refractivity contribution in [3.05, 3.63) is 52.8 Å². The van der Waals surface area contributed by atoms with E-state index in [9.17, 15) is 9.50 Å². The van der Waals surface area contributed by atoms with Crippen molar-refractivity contribution in [3.8, 4) is 11.5 Å². The lowest BCUT2D eigenvalue weighted by molar-refractivity contribution is 0.278. The third-order valence-corrected chi connectivity index (χ3v) is 4.94. The van der Waals surface area contributed by atoms with Gasteiger partial charge in [0.05, 0.1) is 35.0 Å². The highest BCUT2D eigenvalue weighted by atomic mass is 35.5. The number of aliphatic hydroxyl groups is 1. The van der Waals surface area contributed by atoms with Gasteiger partial charge in [-0.05, 0) is 37.1 Å². The Bertz CT molecular complexity index is 1150. The molecular weight excluding hydrogens is 405 g/mol. The molecule has 0 saturated heterocycles. The third-order valence-electron chi connectivity index (χ3n) is 3.86. The summed E-state index contributed by atoms with van der Waals surface area (Å²) in [7, 11) is 0. The van der Waals surface area contributed by atoms with Crippen LogP contribution in [-0.4, -0.2) is 35.2 Å². The number of aromatic amines is 1. The molecule has 0 unspecified atom stereocenters. The Morgan fingerprint density at radius 3 is 2.86 bits per heavy atom. The minimum absolute atomic E-state index is 0.249. The summed E-state index contributed by atoms with van der Waals surface area (Å²) < 4.78 is 16.7. The summed E-state index contributed by atoms with van der Waals surface area (Å²) in [5, 5.41) is 17.7. The van der Waals surface area contributed by atoms with Crippen molar-refractivity contribution in [2.24, 2.45) is 0 Å². The zero-order chi connectivity index (χ0) is 19.7. The molecule has 0 fully saturated rings. The number of nitrogens with zero attached hydrogens (tertiary/aromatic N) is 5. The Balaban J connectivity index is 1.56. The molecule has 0 aliphatic heterocycles. The van der Waals surface area contributed by atoms with Crippen molar-refractivity contribution in [2.45, 2.75) is 18.4 Å². The van der Waals surface area contributed by atoms with E-state index in [1.807, 2.05) is 6.92 Å². The van der Waals surface area contributed by atoms with E-state index in [1.54, 1.807) is 0 Å². The molecule has 3 N–H and O–H groups in total. The minimum Gasteiger partial charge on any atom is -0.390 e. The van der Waals surface area contributed by atoms with Crippen molar-refractivity contribution >= 4 is 40.4 Å². The molecule has 3 aromatic heterocycles. The Labute approximate surface area is 167 Å². The van der Waals surface area contributed by atoms with Crippen molar-refractivity contribution in [3.63, 3.8) is 0 Å². The van der Waals surface area contributed by atoms with Crippen molar-refractivity contribution < 1.29 is 9.50 Å². The van der Waals surface area contributed by atoms with Crippen LogP contribution in [-0.2, 0) is 6.61 Å². The van der Waals surface area contributed by atoms with Crippen LogP contribution in [0.5, 0.6) is 0 Å². The van der Waals surface area contributed by atoms with Crippen LogP contribution in [0.15, 0.2) is 35.5 Å². The van der Waals surface area contributed by atoms with Gasteiger partial charge in [0.15, 0.2) is 17.3 Å². The monoisotopic (exact) mass is 417 g/mol. The SMILES string of the molecule is Cc1[nH]nc2nc(-c3cnc(NSc4cc(Cl)ccc4F)cn3)nc(CO)c12. The number of aromatic nitrogens is 6. The summed E-state index contributed by atoms with van der Waals surface area (Å²) in [5.74, 6) is 0.335. The first-order valence-electron chi connectivity index (χ1n) is 8.08. The molecular formula is C17H13ClFN7OS. The van der Waals surface area contributed by atoms with Gasteiger partial charge in [0.1, 0.15) is 11.5 Å². The molecule has 11 heteroatoms. The number of anilines is 1. The zero-order valence-electron chi connectivity index (χ0n) is 14.4. The average Bonchev–Trinajstić information content (AvgIpc) is 3.09. The molecule has 142 valence electrons. The Kier molecular flexibility index (Phi) is 5.07. The van der Waals surface area contributed by atoms with E-state index in [-0.39, 0.29) is 12.4 Å². The Morgan fingerprint density at radius 1 is 1.25 bits per heavy atom. The highest BCUT2D eigenvalue weighted by Gasteiger charge is 2.14. The summed E-state index contributed by atoms with van der Waals surface area (Å²) in [6.07, 6.45) is 2.96. The van der Waals surface area contributed by atoms with Crippen LogP contribution < -0.4 is 4.72 Å². The smallest absolute Gasteiger partial charge is 0.185 e. The third kappa shape index (κ3) is 3.61. The minimum atomic E-state index is -0.390. The van der Waals surface area contributed by atoms with Gasteiger partial charge in [-0.25, -0.2) is 24.3 Å². The van der Waals surface area contributed by atoms with Gasteiger partial charge in [0, 0.05) is 10.7 Å². The van der Waals surface area contributed by atoms with E-state index in [2.05, 4.69) is 34.9 Å². The van der Waals surface area contributed by atoms with Gasteiger partial charge in [-0.3, -0.25) is 5.10 Å². The standard InChI is InChI=1S/C17H13ClFN7OS/c1-8-15-12(7-27)22-16(23-17(15)25-24-8)11-5-21-14(6-20-11)26-28-13-4-9(18)2-3-10(13)19/h2-6,27H,7H2,1H3,(H,21,26)(H,22,23,24,25). The van der Waals surface area contributed by atoms with Crippen molar-refractivity contribution in [2.75, 3.05) is 4.72 Å². The number of hydrogen-bond acceptors (Lipinski definition) is 8. The lowest BCUT2D eigenvalue weighted by Crippen LogP contribution is -2.00. The number of benzene rings is 1. The second-order valence-electron chi connectivity index (χ2n) is 5.76. The van der Waals surface area contributed by atoms with Crippen LogP contribution in [0.3, 0.4) is 0 Å². The van der Waals surface area contributed by atoms with E-state index >= 15 is 0 Å². The molecule has 4 aromatic rings. The van der Waals surface area contributed by atoms with Gasteiger partial charge >= 0.3 is 0 Å². The maximum absolute atomic E-state index is 13.8. The first kappa shape index (κ1) is 18.5. The van der Waals surface area contributed by atoms with Crippen LogP contribution in [0, 0.1) is 12.7 Å². The largest absolute Gasteiger partial charge is 0.390 e. The van der Waals surface area contributed by atoms with Crippen LogP contribution in [0.4, 0.5) is 10.2 Å². The summed E-state index contributed by atoms with van der Waals surface area (Å²) in [5.41, 5.74) is 2.10. The average molecular weight is 418 g/mol. The van der Waals surface area contributed by atoms with Gasteiger partial charge in [-0.2, -0.15) is 5.10 Å². The first-order valence-corrected chi connectivity index (χ1v) is 9.27. The van der Waals surface area contributed by atoms with E-state index < -0.39 is 0 Å². The number of fused-ring (bicyclic) bond motifs is 1. The highest BCUT2D eigenvalue weighted by molar-refractivity contribution is 8.00. The Morgan fingerprint density at radius 2 is 2.11 bits per heavy atom. The number of aryl methyl sites for hydroxylation is 1. The van der Waals surface area contributed by atoms with Crippen molar-refractivity contribution in [1.29, 1.82) is 0 Å². The molecule has 0 aliphatic carbocycles. The quantitative estimate of drug-likeness (QED) is 0.423. The van der Waals surface area contributed by atoms with Gasteiger partial charge in [0.2, 0.25) is 0 Å². The van der Waals surface area contributed by atoms with E-state index in [0.29, 0.717) is 44.0 Å². The summed E-state index contributed by atoms with van der Waals surface area (Å²) in [6, 6.07) is 4.29. The molecule has 0 amide bonds. The van der Waals surface area contributed by atoms with Crippen LogP contribution in [0.2, 0.25) is 5.02 Å². The zero-order valence-corrected chi connectivity index (χ0v) is 16.0. The molecule has 0 radical (unpaired) electrons. The number of rotatable bonds is 5. The number of halogens is 2. The molecule has 4 rings (SSSR count). The topological polar surface area (TPSA) is 112 Å². The molecule has 1 aromatic carbocycles. The predicted octanol–water partition coefficient (Wildman–Crippen LogP) is 3.52. The molecule has 3 heterocycles. The predicted molar refractivity (Wildman–Crippen MR) is 104 cm³/mol. The molecule has 0 bridgehead atoms. The van der Waals surface area contributed by atoms with Crippen LogP contribution in [0.25, 0.3) is 22.6 Å². The van der Waals surface area contributed by atoms with Gasteiger partial charge < -0.3 is 9.83 Å². The van der Waals surface area contributed by atoms with E-state index in [1.165, 1.54) is 30.6 Å². The van der Waals surface area contributed by atoms with Crippen molar-refractivity contribution in [1.82, 2.24) is 30.1 Å². The van der Waals surface area contributed by atoms with Gasteiger partial charge in [0.25, 0.3) is 0 Å². The fraction of sp³-hybridized carbons (Fsp3) is 0.118. The van der Waals surface area contributed by atoms with Crippen LogP contribution >= 0.6 is 23.5 Å². The second kappa shape index (κ2) is 7.66. The highest BCUT2D eigenvalue weighted by Crippen LogP contribution is 2.26. The van der Waals surface area contributed by atoms with E-state index in [4.69, 9.17) is 11.6 Å². The fourth-order valence-corrected chi connectivity index (χ4v) is 3.45. The van der Waals surface area contributed by atoms with Gasteiger partial charge in [-0.1, -0.05) is 11.6 Å². The summed E-state index contributed by atoms with van der Waals surface area (Å²) in [6.45, 7) is 1.58. The first-order chi connectivity index (χ1) is 13.5. The lowest BCUT2D eigenvalue weighted by atomic mass is 10.2. The number of hydrogen-bond donors (Lipinski definition) is 3. The number of aliphatic hydroxyl groups excluding tert-OH is 1. The van der Waals surface area contributed by atoms with E-state index in [0.717, 1.165) is 17.6 Å². The molecule has 28 heavy (non-hydrogen) atoms. The molecule has 0 spiro atoms. The van der Waals surface area contributed by atoms with Crippen LogP contribution in [0.1, 0.15) is 11.4 Å². The van der Waals surface area contributed by atoms with Gasteiger partial charge in [-0.15, -0.1) is 0 Å². The fourth-order valence-electron chi connectivity index (χ4n) is 2.54. The second-order valence-corrected chi connectivity index (χ2v) is 7.05. The molecule has 0 atom stereocenters. The molecule has 8 nitrogen and oxygen atoms in total. The summed E-state index contributed by atoms with van der Waals surface area (Å²) in [4.78, 5) is 17.6. The maximum Gasteiger partial charge on any atom is 0.185 e. The normalized spacial score (nSPS) is 11.1. The maximum atomic E-state index is 13.8.